The highest BCUT2D eigenvalue weighted by Gasteiger charge is 2.22. The number of aliphatic carboxylic acids is 1. The van der Waals surface area contributed by atoms with Crippen LogP contribution >= 0.6 is 0 Å². The smallest absolute Gasteiger partial charge is 0.311 e. The molecule has 0 unspecified atom stereocenters. The number of unbranched alkanes of at least 4 members (excludes halogenated alkanes) is 7. The number of benzene rings is 3. The van der Waals surface area contributed by atoms with Gasteiger partial charge in [-0.05, 0) is 43.2 Å². The van der Waals surface area contributed by atoms with Gasteiger partial charge in [0.1, 0.15) is 17.2 Å². The predicted molar refractivity (Wildman–Crippen MR) is 137 cm³/mol. The lowest BCUT2D eigenvalue weighted by Gasteiger charge is -2.16. The molecular weight excluding hydrogens is 464 g/mol. The van der Waals surface area contributed by atoms with Crippen LogP contribution in [0.2, 0.25) is 0 Å². The Labute approximate surface area is 210 Å². The van der Waals surface area contributed by atoms with E-state index >= 15 is 0 Å². The highest BCUT2D eigenvalue weighted by Crippen LogP contribution is 2.49. The normalized spacial score (nSPS) is 11.1. The first kappa shape index (κ1) is 26.9. The minimum Gasteiger partial charge on any atom is -0.507 e. The molecule has 0 aliphatic heterocycles. The number of ether oxygens (including phenoxy) is 3. The van der Waals surface area contributed by atoms with Gasteiger partial charge >= 0.3 is 11.9 Å². The SMILES string of the molecule is COc1ccc2c(O)c3c(OC(=O)CCCCCCCCCCC(=O)O)c(OC)ccc3c(O)c2c1. The van der Waals surface area contributed by atoms with Crippen LogP contribution in [0.5, 0.6) is 28.7 Å². The van der Waals surface area contributed by atoms with E-state index in [0.717, 1.165) is 44.9 Å². The van der Waals surface area contributed by atoms with E-state index in [1.54, 1.807) is 30.3 Å². The van der Waals surface area contributed by atoms with Gasteiger partial charge in [-0.3, -0.25) is 9.59 Å². The maximum absolute atomic E-state index is 12.6. The largest absolute Gasteiger partial charge is 0.507 e. The quantitative estimate of drug-likeness (QED) is 0.0777. The molecule has 0 amide bonds. The van der Waals surface area contributed by atoms with Gasteiger partial charge in [0.25, 0.3) is 0 Å². The van der Waals surface area contributed by atoms with Crippen LogP contribution in [0.15, 0.2) is 30.3 Å². The molecule has 0 saturated heterocycles. The van der Waals surface area contributed by atoms with Gasteiger partial charge in [-0.15, -0.1) is 0 Å². The molecule has 3 rings (SSSR count). The number of carboxylic acid groups (broad SMARTS) is 1. The monoisotopic (exact) mass is 498 g/mol. The summed E-state index contributed by atoms with van der Waals surface area (Å²) in [5.74, 6) is -0.472. The maximum Gasteiger partial charge on any atom is 0.311 e. The molecule has 3 aromatic rings. The van der Waals surface area contributed by atoms with E-state index < -0.39 is 11.9 Å². The highest BCUT2D eigenvalue weighted by atomic mass is 16.6. The number of carbonyl (C=O) groups is 2. The molecule has 0 aliphatic rings. The Morgan fingerprint density at radius 3 is 1.94 bits per heavy atom. The number of aromatic hydroxyl groups is 2. The number of fused-ring (bicyclic) bond motifs is 2. The van der Waals surface area contributed by atoms with Crippen LogP contribution in [-0.2, 0) is 9.59 Å². The van der Waals surface area contributed by atoms with Crippen molar-refractivity contribution in [3.8, 4) is 28.7 Å². The van der Waals surface area contributed by atoms with Crippen molar-refractivity contribution in [1.29, 1.82) is 0 Å². The maximum atomic E-state index is 12.6. The summed E-state index contributed by atoms with van der Waals surface area (Å²) in [6.07, 6.45) is 7.76. The summed E-state index contributed by atoms with van der Waals surface area (Å²) in [7, 11) is 2.97. The highest BCUT2D eigenvalue weighted by molar-refractivity contribution is 6.14. The second kappa shape index (κ2) is 12.9. The van der Waals surface area contributed by atoms with Crippen molar-refractivity contribution >= 4 is 33.5 Å². The van der Waals surface area contributed by atoms with Crippen molar-refractivity contribution in [2.45, 2.75) is 64.2 Å². The van der Waals surface area contributed by atoms with Crippen molar-refractivity contribution in [2.75, 3.05) is 14.2 Å². The topological polar surface area (TPSA) is 123 Å². The lowest BCUT2D eigenvalue weighted by Crippen LogP contribution is -2.09. The number of carbonyl (C=O) groups excluding carboxylic acids is 1. The molecule has 0 aromatic heterocycles. The molecule has 8 heteroatoms. The third kappa shape index (κ3) is 6.50. The van der Waals surface area contributed by atoms with Crippen LogP contribution in [0, 0.1) is 0 Å². The minimum absolute atomic E-state index is 0.0559. The zero-order valence-corrected chi connectivity index (χ0v) is 20.8. The summed E-state index contributed by atoms with van der Waals surface area (Å²) in [5.41, 5.74) is 0. The van der Waals surface area contributed by atoms with Gasteiger partial charge in [0.05, 0.1) is 19.6 Å². The fraction of sp³-hybridized carbons (Fsp3) is 0.429. The van der Waals surface area contributed by atoms with E-state index in [2.05, 4.69) is 0 Å². The number of hydrogen-bond donors (Lipinski definition) is 3. The summed E-state index contributed by atoms with van der Waals surface area (Å²) in [6, 6.07) is 8.15. The van der Waals surface area contributed by atoms with E-state index in [-0.39, 0.29) is 41.2 Å². The Kier molecular flexibility index (Phi) is 9.61. The van der Waals surface area contributed by atoms with Crippen LogP contribution in [0.1, 0.15) is 64.2 Å². The average Bonchev–Trinajstić information content (AvgIpc) is 2.87. The minimum atomic E-state index is -0.746. The lowest BCUT2D eigenvalue weighted by molar-refractivity contribution is -0.137. The number of hydrogen-bond acceptors (Lipinski definition) is 7. The van der Waals surface area contributed by atoms with Crippen LogP contribution in [0.3, 0.4) is 0 Å². The van der Waals surface area contributed by atoms with E-state index in [1.807, 2.05) is 0 Å². The second-order valence-electron chi connectivity index (χ2n) is 8.82. The third-order valence-electron chi connectivity index (χ3n) is 6.31. The molecule has 0 saturated carbocycles. The van der Waals surface area contributed by atoms with Gasteiger partial charge in [0.15, 0.2) is 11.5 Å². The Balaban J connectivity index is 1.64. The Hall–Kier alpha value is -3.68. The molecule has 8 nitrogen and oxygen atoms in total. The molecule has 0 fully saturated rings. The molecule has 194 valence electrons. The zero-order valence-electron chi connectivity index (χ0n) is 20.8. The zero-order chi connectivity index (χ0) is 26.1. The molecule has 36 heavy (non-hydrogen) atoms. The number of carboxylic acids is 1. The van der Waals surface area contributed by atoms with E-state index in [9.17, 15) is 19.8 Å². The van der Waals surface area contributed by atoms with Crippen molar-refractivity contribution in [1.82, 2.24) is 0 Å². The number of esters is 1. The van der Waals surface area contributed by atoms with Gasteiger partial charge in [-0.1, -0.05) is 38.5 Å². The second-order valence-corrected chi connectivity index (χ2v) is 8.82. The fourth-order valence-electron chi connectivity index (χ4n) is 4.36. The Bertz CT molecular complexity index is 1220. The van der Waals surface area contributed by atoms with Crippen LogP contribution in [0.25, 0.3) is 21.5 Å². The summed E-state index contributed by atoms with van der Waals surface area (Å²) in [4.78, 5) is 23.2. The lowest BCUT2D eigenvalue weighted by atomic mass is 9.99. The van der Waals surface area contributed by atoms with Crippen LogP contribution in [-0.4, -0.2) is 41.5 Å². The first-order valence-corrected chi connectivity index (χ1v) is 12.3. The van der Waals surface area contributed by atoms with Crippen molar-refractivity contribution in [3.05, 3.63) is 30.3 Å². The van der Waals surface area contributed by atoms with Crippen LogP contribution < -0.4 is 14.2 Å². The Morgan fingerprint density at radius 2 is 1.33 bits per heavy atom. The summed E-state index contributed by atoms with van der Waals surface area (Å²) in [6.45, 7) is 0. The average molecular weight is 499 g/mol. The standard InChI is InChI=1S/C28H34O8/c1-34-18-13-14-19-21(17-18)26(32)20-15-16-22(35-2)28(25(20)27(19)33)36-24(31)12-10-8-6-4-3-5-7-9-11-23(29)30/h13-17,32-33H,3-12H2,1-2H3,(H,29,30). The van der Waals surface area contributed by atoms with Crippen molar-refractivity contribution < 1.29 is 39.1 Å². The van der Waals surface area contributed by atoms with Gasteiger partial charge < -0.3 is 29.5 Å². The summed E-state index contributed by atoms with van der Waals surface area (Å²) < 4.78 is 16.3. The van der Waals surface area contributed by atoms with E-state index in [4.69, 9.17) is 19.3 Å². The summed E-state index contributed by atoms with van der Waals surface area (Å²) >= 11 is 0. The molecule has 0 radical (unpaired) electrons. The number of phenols is 2. The first-order chi connectivity index (χ1) is 17.4. The molecular formula is C28H34O8. The molecule has 0 bridgehead atoms. The van der Waals surface area contributed by atoms with Gasteiger partial charge in [0, 0.05) is 29.0 Å². The molecule has 0 aliphatic carbocycles. The molecule has 3 N–H and O–H groups in total. The van der Waals surface area contributed by atoms with E-state index in [1.165, 1.54) is 14.2 Å². The Morgan fingerprint density at radius 1 is 0.722 bits per heavy atom. The van der Waals surface area contributed by atoms with Gasteiger partial charge in [-0.2, -0.15) is 0 Å². The van der Waals surface area contributed by atoms with Crippen molar-refractivity contribution in [3.63, 3.8) is 0 Å². The molecule has 0 heterocycles. The van der Waals surface area contributed by atoms with Gasteiger partial charge in [0.2, 0.25) is 0 Å². The molecule has 0 spiro atoms. The molecule has 0 atom stereocenters. The summed E-state index contributed by atoms with van der Waals surface area (Å²) in [5, 5.41) is 32.0. The third-order valence-corrected chi connectivity index (χ3v) is 6.31. The number of methoxy groups -OCH3 is 2. The van der Waals surface area contributed by atoms with Gasteiger partial charge in [-0.25, -0.2) is 0 Å². The van der Waals surface area contributed by atoms with Crippen LogP contribution in [0.4, 0.5) is 0 Å². The fourth-order valence-corrected chi connectivity index (χ4v) is 4.36. The van der Waals surface area contributed by atoms with E-state index in [0.29, 0.717) is 28.3 Å². The number of rotatable bonds is 14. The van der Waals surface area contributed by atoms with Crippen molar-refractivity contribution in [2.24, 2.45) is 0 Å². The first-order valence-electron chi connectivity index (χ1n) is 12.3. The molecule has 3 aromatic carbocycles. The number of phenolic OH excluding ortho intramolecular Hbond substituents is 2. The predicted octanol–water partition coefficient (Wildman–Crippen LogP) is 6.31.